The van der Waals surface area contributed by atoms with Crippen LogP contribution in [0, 0.1) is 0 Å². The maximum Gasteiger partial charge on any atom is 0.251 e. The molecule has 1 atom stereocenters. The maximum absolute atomic E-state index is 12.7. The summed E-state index contributed by atoms with van der Waals surface area (Å²) in [4.78, 5) is 21.4. The Hall–Kier alpha value is -2.72. The van der Waals surface area contributed by atoms with E-state index in [4.69, 9.17) is 0 Å². The molecule has 0 bridgehead atoms. The molecule has 158 valence electrons. The van der Waals surface area contributed by atoms with Crippen LogP contribution < -0.4 is 15.4 Å². The molecule has 30 heavy (non-hydrogen) atoms. The Labute approximate surface area is 179 Å². The number of thiazole rings is 1. The van der Waals surface area contributed by atoms with Gasteiger partial charge in [0.25, 0.3) is 5.91 Å². The second-order valence-corrected chi connectivity index (χ2v) is 10.0. The second kappa shape index (κ2) is 8.57. The van der Waals surface area contributed by atoms with Gasteiger partial charge in [0.2, 0.25) is 10.0 Å². The fourth-order valence-corrected chi connectivity index (χ4v) is 5.44. The van der Waals surface area contributed by atoms with E-state index in [2.05, 4.69) is 25.3 Å². The Morgan fingerprint density at radius 1 is 1.30 bits per heavy atom. The highest BCUT2D eigenvalue weighted by Gasteiger charge is 2.36. The topological polar surface area (TPSA) is 113 Å². The Kier molecular flexibility index (Phi) is 5.87. The van der Waals surface area contributed by atoms with Crippen LogP contribution in [0.2, 0.25) is 0 Å². The van der Waals surface area contributed by atoms with Crippen LogP contribution in [-0.2, 0) is 10.0 Å². The summed E-state index contributed by atoms with van der Waals surface area (Å²) < 4.78 is 26.7. The monoisotopic (exact) mass is 445 g/mol. The molecule has 10 heteroatoms. The van der Waals surface area contributed by atoms with Crippen LogP contribution in [0.3, 0.4) is 0 Å². The molecule has 8 nitrogen and oxygen atoms in total. The lowest BCUT2D eigenvalue weighted by Crippen LogP contribution is -2.28. The number of carbonyl (C=O) groups is 1. The van der Waals surface area contributed by atoms with Crippen LogP contribution in [0.15, 0.2) is 47.0 Å². The Bertz CT molecular complexity index is 1090. The standard InChI is InChI=1S/C20H23N5O3S2/c1-2-16(18-12-29-20(24-18)25-30(27,28)15-7-8-15)23-19(26)14-5-3-13(4-6-14)17-11-21-9-10-22-17/h3-6,9-10,12,15-16,21H,2,7-8,11H2,1H3,(H,23,26)(H,24,25). The van der Waals surface area contributed by atoms with E-state index in [0.717, 1.165) is 11.3 Å². The van der Waals surface area contributed by atoms with Crippen LogP contribution in [-0.4, -0.2) is 36.8 Å². The predicted molar refractivity (Wildman–Crippen MR) is 118 cm³/mol. The summed E-state index contributed by atoms with van der Waals surface area (Å²) in [6, 6.07) is 7.00. The molecule has 1 aliphatic heterocycles. The number of anilines is 1. The molecule has 1 aliphatic carbocycles. The van der Waals surface area contributed by atoms with Gasteiger partial charge in [0, 0.05) is 23.3 Å². The van der Waals surface area contributed by atoms with Crippen molar-refractivity contribution in [2.24, 2.45) is 4.99 Å². The lowest BCUT2D eigenvalue weighted by molar-refractivity contribution is 0.0935. The van der Waals surface area contributed by atoms with E-state index in [1.54, 1.807) is 29.9 Å². The summed E-state index contributed by atoms with van der Waals surface area (Å²) in [6.07, 6.45) is 5.52. The van der Waals surface area contributed by atoms with E-state index >= 15 is 0 Å². The van der Waals surface area contributed by atoms with Gasteiger partial charge >= 0.3 is 0 Å². The Morgan fingerprint density at radius 2 is 2.07 bits per heavy atom. The smallest absolute Gasteiger partial charge is 0.251 e. The first-order valence-electron chi connectivity index (χ1n) is 9.79. The third-order valence-corrected chi connectivity index (χ3v) is 7.69. The molecular formula is C20H23N5O3S2. The van der Waals surface area contributed by atoms with E-state index in [0.29, 0.717) is 42.2 Å². The van der Waals surface area contributed by atoms with Gasteiger partial charge in [-0.15, -0.1) is 11.3 Å². The van der Waals surface area contributed by atoms with Crippen LogP contribution in [0.1, 0.15) is 53.8 Å². The van der Waals surface area contributed by atoms with Crippen molar-refractivity contribution in [1.82, 2.24) is 15.6 Å². The van der Waals surface area contributed by atoms with Crippen molar-refractivity contribution in [3.8, 4) is 0 Å². The van der Waals surface area contributed by atoms with E-state index in [-0.39, 0.29) is 17.2 Å². The molecule has 4 rings (SSSR count). The number of hydrogen-bond donors (Lipinski definition) is 3. The largest absolute Gasteiger partial charge is 0.384 e. The average Bonchev–Trinajstić information content (AvgIpc) is 3.54. The summed E-state index contributed by atoms with van der Waals surface area (Å²) >= 11 is 1.23. The molecule has 1 fully saturated rings. The van der Waals surface area contributed by atoms with Gasteiger partial charge in [-0.3, -0.25) is 14.5 Å². The zero-order chi connectivity index (χ0) is 21.1. The number of sulfonamides is 1. The second-order valence-electron chi connectivity index (χ2n) is 7.21. The zero-order valence-corrected chi connectivity index (χ0v) is 18.1. The molecule has 1 unspecified atom stereocenters. The van der Waals surface area contributed by atoms with E-state index < -0.39 is 10.0 Å². The molecule has 1 saturated carbocycles. The quantitative estimate of drug-likeness (QED) is 0.578. The highest BCUT2D eigenvalue weighted by molar-refractivity contribution is 7.93. The summed E-state index contributed by atoms with van der Waals surface area (Å²) in [5.41, 5.74) is 3.07. The minimum Gasteiger partial charge on any atom is -0.384 e. The minimum atomic E-state index is -3.35. The van der Waals surface area contributed by atoms with Gasteiger partial charge in [-0.1, -0.05) is 19.1 Å². The predicted octanol–water partition coefficient (Wildman–Crippen LogP) is 2.79. The molecule has 2 heterocycles. The highest BCUT2D eigenvalue weighted by Crippen LogP contribution is 2.31. The number of carbonyl (C=O) groups excluding carboxylic acids is 1. The number of benzene rings is 1. The fraction of sp³-hybridized carbons (Fsp3) is 0.350. The first-order valence-corrected chi connectivity index (χ1v) is 12.2. The average molecular weight is 446 g/mol. The summed E-state index contributed by atoms with van der Waals surface area (Å²) in [6.45, 7) is 2.60. The van der Waals surface area contributed by atoms with Gasteiger partial charge in [-0.25, -0.2) is 13.4 Å². The van der Waals surface area contributed by atoms with Crippen LogP contribution in [0.4, 0.5) is 5.13 Å². The number of nitrogens with one attached hydrogen (secondary N) is 3. The van der Waals surface area contributed by atoms with Crippen molar-refractivity contribution >= 4 is 38.1 Å². The first-order chi connectivity index (χ1) is 14.5. The Morgan fingerprint density at radius 3 is 2.70 bits per heavy atom. The van der Waals surface area contributed by atoms with Crippen LogP contribution in [0.5, 0.6) is 0 Å². The minimum absolute atomic E-state index is 0.204. The number of rotatable bonds is 8. The summed E-state index contributed by atoms with van der Waals surface area (Å²) in [5, 5.41) is 7.91. The summed E-state index contributed by atoms with van der Waals surface area (Å²) in [7, 11) is -3.35. The zero-order valence-electron chi connectivity index (χ0n) is 16.5. The molecule has 0 radical (unpaired) electrons. The lowest BCUT2D eigenvalue weighted by atomic mass is 10.1. The number of aliphatic imine (C=N–C) groups is 1. The van der Waals surface area contributed by atoms with Gasteiger partial charge in [0.05, 0.1) is 29.2 Å². The van der Waals surface area contributed by atoms with Crippen molar-refractivity contribution < 1.29 is 13.2 Å². The van der Waals surface area contributed by atoms with Crippen LogP contribution >= 0.6 is 11.3 Å². The molecule has 3 N–H and O–H groups in total. The number of aromatic nitrogens is 1. The molecule has 1 aromatic carbocycles. The molecule has 2 aromatic rings. The molecule has 0 spiro atoms. The molecule has 2 aliphatic rings. The maximum atomic E-state index is 12.7. The van der Waals surface area contributed by atoms with Crippen molar-refractivity contribution in [3.05, 3.63) is 58.9 Å². The lowest BCUT2D eigenvalue weighted by Gasteiger charge is -2.15. The van der Waals surface area contributed by atoms with Crippen molar-refractivity contribution in [2.75, 3.05) is 11.3 Å². The third-order valence-electron chi connectivity index (χ3n) is 4.96. The van der Waals surface area contributed by atoms with Crippen molar-refractivity contribution in [3.63, 3.8) is 0 Å². The normalized spacial score (nSPS) is 17.0. The number of amides is 1. The van der Waals surface area contributed by atoms with Crippen LogP contribution in [0.25, 0.3) is 0 Å². The molecule has 1 amide bonds. The molecular weight excluding hydrogens is 422 g/mol. The van der Waals surface area contributed by atoms with Gasteiger partial charge < -0.3 is 10.6 Å². The third kappa shape index (κ3) is 4.71. The molecule has 1 aromatic heterocycles. The number of nitrogens with zero attached hydrogens (tertiary/aromatic N) is 2. The highest BCUT2D eigenvalue weighted by atomic mass is 32.2. The fourth-order valence-electron chi connectivity index (χ4n) is 3.07. The van der Waals surface area contributed by atoms with Gasteiger partial charge in [0.1, 0.15) is 0 Å². The van der Waals surface area contributed by atoms with E-state index in [1.807, 2.05) is 19.1 Å². The van der Waals surface area contributed by atoms with E-state index in [9.17, 15) is 13.2 Å². The first kappa shape index (κ1) is 20.5. The SMILES string of the molecule is CCC(NC(=O)c1ccc(C2=NC=CNC2)cc1)c1csc(NS(=O)(=O)C2CC2)n1. The van der Waals surface area contributed by atoms with Crippen molar-refractivity contribution in [2.45, 2.75) is 37.5 Å². The van der Waals surface area contributed by atoms with Crippen molar-refractivity contribution in [1.29, 1.82) is 0 Å². The summed E-state index contributed by atoms with van der Waals surface area (Å²) in [5.74, 6) is -0.204. The van der Waals surface area contributed by atoms with Gasteiger partial charge in [-0.2, -0.15) is 0 Å². The van der Waals surface area contributed by atoms with Gasteiger partial charge in [0.15, 0.2) is 5.13 Å². The van der Waals surface area contributed by atoms with Gasteiger partial charge in [-0.05, 0) is 37.0 Å². The molecule has 0 saturated heterocycles. The Balaban J connectivity index is 1.41. The van der Waals surface area contributed by atoms with E-state index in [1.165, 1.54) is 11.3 Å². The number of hydrogen-bond acceptors (Lipinski definition) is 7.